The molecule has 0 aromatic heterocycles. The Morgan fingerprint density at radius 2 is 2.06 bits per heavy atom. The Morgan fingerprint density at radius 3 is 2.56 bits per heavy atom. The molecular formula is C13H17F2N. The first-order chi connectivity index (χ1) is 7.40. The van der Waals surface area contributed by atoms with Crippen molar-refractivity contribution in [1.29, 1.82) is 0 Å². The van der Waals surface area contributed by atoms with Crippen LogP contribution in [0.2, 0.25) is 0 Å². The van der Waals surface area contributed by atoms with Crippen molar-refractivity contribution in [1.82, 2.24) is 0 Å². The van der Waals surface area contributed by atoms with E-state index in [1.54, 1.807) is 0 Å². The van der Waals surface area contributed by atoms with Crippen LogP contribution in [-0.2, 0) is 6.42 Å². The third-order valence-corrected chi connectivity index (χ3v) is 3.58. The molecule has 2 unspecified atom stereocenters. The minimum atomic E-state index is -0.540. The molecule has 0 radical (unpaired) electrons. The van der Waals surface area contributed by atoms with Gasteiger partial charge in [0.15, 0.2) is 0 Å². The van der Waals surface area contributed by atoms with Crippen molar-refractivity contribution < 1.29 is 8.78 Å². The van der Waals surface area contributed by atoms with Gasteiger partial charge in [0, 0.05) is 12.1 Å². The fourth-order valence-electron chi connectivity index (χ4n) is 2.32. The highest BCUT2D eigenvalue weighted by Gasteiger charge is 2.48. The van der Waals surface area contributed by atoms with Gasteiger partial charge in [-0.1, -0.05) is 19.9 Å². The molecule has 0 heterocycles. The van der Waals surface area contributed by atoms with Gasteiger partial charge in [-0.25, -0.2) is 8.78 Å². The van der Waals surface area contributed by atoms with Gasteiger partial charge in [-0.3, -0.25) is 0 Å². The standard InChI is InChI=1S/C13H17F2N/c1-13(2)7-10(13)12(16)5-8-3-4-9(14)6-11(8)15/h3-4,6,10,12H,5,7,16H2,1-2H3. The van der Waals surface area contributed by atoms with Crippen molar-refractivity contribution in [2.24, 2.45) is 17.1 Å². The Balaban J connectivity index is 2.04. The summed E-state index contributed by atoms with van der Waals surface area (Å²) in [5.74, 6) is -0.576. The van der Waals surface area contributed by atoms with Crippen LogP contribution < -0.4 is 5.73 Å². The van der Waals surface area contributed by atoms with Crippen molar-refractivity contribution in [3.8, 4) is 0 Å². The van der Waals surface area contributed by atoms with E-state index in [0.29, 0.717) is 17.9 Å². The molecule has 1 aliphatic carbocycles. The van der Waals surface area contributed by atoms with Crippen LogP contribution in [0.5, 0.6) is 0 Å². The number of halogens is 2. The summed E-state index contributed by atoms with van der Waals surface area (Å²) in [4.78, 5) is 0. The van der Waals surface area contributed by atoms with Crippen LogP contribution in [0.1, 0.15) is 25.8 Å². The first kappa shape index (κ1) is 11.5. The van der Waals surface area contributed by atoms with Gasteiger partial charge in [-0.2, -0.15) is 0 Å². The zero-order chi connectivity index (χ0) is 11.9. The summed E-state index contributed by atoms with van der Waals surface area (Å²) in [5.41, 5.74) is 6.83. The molecule has 88 valence electrons. The SMILES string of the molecule is CC1(C)CC1C(N)Cc1ccc(F)cc1F. The maximum Gasteiger partial charge on any atom is 0.129 e. The highest BCUT2D eigenvalue weighted by Crippen LogP contribution is 2.53. The van der Waals surface area contributed by atoms with Crippen LogP contribution >= 0.6 is 0 Å². The van der Waals surface area contributed by atoms with Crippen LogP contribution in [0.25, 0.3) is 0 Å². The molecule has 1 aromatic rings. The molecule has 1 aliphatic rings. The molecule has 1 fully saturated rings. The van der Waals surface area contributed by atoms with Crippen molar-refractivity contribution >= 4 is 0 Å². The molecule has 2 rings (SSSR count). The quantitative estimate of drug-likeness (QED) is 0.841. The van der Waals surface area contributed by atoms with E-state index in [9.17, 15) is 8.78 Å². The number of benzene rings is 1. The Morgan fingerprint density at radius 1 is 1.44 bits per heavy atom. The first-order valence-electron chi connectivity index (χ1n) is 5.59. The maximum absolute atomic E-state index is 13.4. The molecule has 2 atom stereocenters. The molecule has 0 spiro atoms. The van der Waals surface area contributed by atoms with E-state index in [2.05, 4.69) is 13.8 Å². The van der Waals surface area contributed by atoms with Gasteiger partial charge in [0.25, 0.3) is 0 Å². The van der Waals surface area contributed by atoms with Crippen LogP contribution in [0, 0.1) is 23.0 Å². The van der Waals surface area contributed by atoms with Gasteiger partial charge >= 0.3 is 0 Å². The lowest BCUT2D eigenvalue weighted by Gasteiger charge is -2.14. The third-order valence-electron chi connectivity index (χ3n) is 3.58. The fourth-order valence-corrected chi connectivity index (χ4v) is 2.32. The average molecular weight is 225 g/mol. The highest BCUT2D eigenvalue weighted by molar-refractivity contribution is 5.20. The summed E-state index contributed by atoms with van der Waals surface area (Å²) in [5, 5.41) is 0. The lowest BCUT2D eigenvalue weighted by molar-refractivity contribution is 0.468. The second-order valence-corrected chi connectivity index (χ2v) is 5.40. The Bertz CT molecular complexity index is 401. The number of hydrogen-bond acceptors (Lipinski definition) is 1. The van der Waals surface area contributed by atoms with Crippen LogP contribution in [0.3, 0.4) is 0 Å². The van der Waals surface area contributed by atoms with Gasteiger partial charge in [-0.05, 0) is 35.8 Å². The molecule has 0 aliphatic heterocycles. The lowest BCUT2D eigenvalue weighted by atomic mass is 9.98. The summed E-state index contributed by atoms with van der Waals surface area (Å²) >= 11 is 0. The summed E-state index contributed by atoms with van der Waals surface area (Å²) < 4.78 is 26.1. The van der Waals surface area contributed by atoms with Crippen LogP contribution in [0.15, 0.2) is 18.2 Å². The van der Waals surface area contributed by atoms with Crippen molar-refractivity contribution in [3.63, 3.8) is 0 Å². The summed E-state index contributed by atoms with van der Waals surface area (Å²) in [6.07, 6.45) is 1.58. The van der Waals surface area contributed by atoms with E-state index in [1.165, 1.54) is 12.1 Å². The second-order valence-electron chi connectivity index (χ2n) is 5.40. The zero-order valence-electron chi connectivity index (χ0n) is 9.63. The lowest BCUT2D eigenvalue weighted by Crippen LogP contribution is -2.27. The van der Waals surface area contributed by atoms with E-state index < -0.39 is 11.6 Å². The third kappa shape index (κ3) is 2.24. The van der Waals surface area contributed by atoms with Crippen LogP contribution in [0.4, 0.5) is 8.78 Å². The molecular weight excluding hydrogens is 208 g/mol. The number of nitrogens with two attached hydrogens (primary N) is 1. The first-order valence-corrected chi connectivity index (χ1v) is 5.59. The zero-order valence-corrected chi connectivity index (χ0v) is 9.63. The summed E-state index contributed by atoms with van der Waals surface area (Å²) in [6.45, 7) is 4.33. The molecule has 0 amide bonds. The molecule has 16 heavy (non-hydrogen) atoms. The summed E-state index contributed by atoms with van der Waals surface area (Å²) in [7, 11) is 0. The average Bonchev–Trinajstić information content (AvgIpc) is 2.80. The summed E-state index contributed by atoms with van der Waals surface area (Å²) in [6, 6.07) is 3.65. The molecule has 1 nitrogen and oxygen atoms in total. The van der Waals surface area contributed by atoms with Gasteiger partial charge in [0.1, 0.15) is 11.6 Å². The van der Waals surface area contributed by atoms with Gasteiger partial charge in [0.05, 0.1) is 0 Å². The maximum atomic E-state index is 13.4. The van der Waals surface area contributed by atoms with Crippen LogP contribution in [-0.4, -0.2) is 6.04 Å². The molecule has 2 N–H and O–H groups in total. The van der Waals surface area contributed by atoms with E-state index >= 15 is 0 Å². The smallest absolute Gasteiger partial charge is 0.129 e. The minimum absolute atomic E-state index is 0.0324. The second kappa shape index (κ2) is 3.81. The largest absolute Gasteiger partial charge is 0.327 e. The van der Waals surface area contributed by atoms with Crippen molar-refractivity contribution in [3.05, 3.63) is 35.4 Å². The molecule has 3 heteroatoms. The van der Waals surface area contributed by atoms with Crippen molar-refractivity contribution in [2.75, 3.05) is 0 Å². The number of rotatable bonds is 3. The topological polar surface area (TPSA) is 26.0 Å². The predicted octanol–water partition coefficient (Wildman–Crippen LogP) is 2.88. The van der Waals surface area contributed by atoms with Gasteiger partial charge < -0.3 is 5.73 Å². The fraction of sp³-hybridized carbons (Fsp3) is 0.538. The van der Waals surface area contributed by atoms with E-state index in [-0.39, 0.29) is 11.5 Å². The monoisotopic (exact) mass is 225 g/mol. The Hall–Kier alpha value is -0.960. The Kier molecular flexibility index (Phi) is 2.74. The Labute approximate surface area is 94.7 Å². The number of hydrogen-bond donors (Lipinski definition) is 1. The van der Waals surface area contributed by atoms with E-state index in [0.717, 1.165) is 12.5 Å². The van der Waals surface area contributed by atoms with E-state index in [1.807, 2.05) is 0 Å². The van der Waals surface area contributed by atoms with Gasteiger partial charge in [-0.15, -0.1) is 0 Å². The highest BCUT2D eigenvalue weighted by atomic mass is 19.1. The van der Waals surface area contributed by atoms with E-state index in [4.69, 9.17) is 5.73 Å². The molecule has 1 saturated carbocycles. The van der Waals surface area contributed by atoms with Gasteiger partial charge in [0.2, 0.25) is 0 Å². The predicted molar refractivity (Wildman–Crippen MR) is 59.9 cm³/mol. The molecule has 1 aromatic carbocycles. The molecule has 0 bridgehead atoms. The normalized spacial score (nSPS) is 24.2. The van der Waals surface area contributed by atoms with Crippen molar-refractivity contribution in [2.45, 2.75) is 32.7 Å². The minimum Gasteiger partial charge on any atom is -0.327 e. The molecule has 0 saturated heterocycles.